The largest absolute Gasteiger partial charge is 0.480 e. The molecule has 1 aliphatic heterocycles. The number of carboxylic acid groups (broad SMARTS) is 1. The minimum Gasteiger partial charge on any atom is -0.480 e. The molecule has 12 heavy (non-hydrogen) atoms. The number of aliphatic carboxylic acids is 1. The summed E-state index contributed by atoms with van der Waals surface area (Å²) in [5.41, 5.74) is 0. The number of rotatable bonds is 4. The summed E-state index contributed by atoms with van der Waals surface area (Å²) in [5.74, 6) is -1.09. The highest BCUT2D eigenvalue weighted by molar-refractivity contribution is 5.76. The molecule has 0 radical (unpaired) electrons. The van der Waals surface area contributed by atoms with Crippen LogP contribution in [-0.4, -0.2) is 36.7 Å². The van der Waals surface area contributed by atoms with E-state index in [1.807, 2.05) is 0 Å². The number of carboxylic acids is 1. The topological polar surface area (TPSA) is 75.6 Å². The quantitative estimate of drug-likeness (QED) is 0.547. The molecule has 1 heterocycles. The van der Waals surface area contributed by atoms with Crippen LogP contribution in [0.1, 0.15) is 6.42 Å². The van der Waals surface area contributed by atoms with Gasteiger partial charge in [0, 0.05) is 12.5 Å². The van der Waals surface area contributed by atoms with Crippen molar-refractivity contribution in [3.63, 3.8) is 0 Å². The summed E-state index contributed by atoms with van der Waals surface area (Å²) in [6.45, 7) is 0.993. The van der Waals surface area contributed by atoms with Gasteiger partial charge in [0.25, 0.3) is 0 Å². The molecule has 1 amide bonds. The highest BCUT2D eigenvalue weighted by Crippen LogP contribution is 2.16. The Labute approximate surface area is 69.7 Å². The minimum absolute atomic E-state index is 0.0901. The van der Waals surface area contributed by atoms with E-state index < -0.39 is 12.0 Å². The lowest BCUT2D eigenvalue weighted by Crippen LogP contribution is -2.42. The van der Waals surface area contributed by atoms with Gasteiger partial charge >= 0.3 is 5.97 Å². The van der Waals surface area contributed by atoms with Gasteiger partial charge in [0.05, 0.1) is 6.61 Å². The van der Waals surface area contributed by atoms with Crippen LogP contribution in [0.5, 0.6) is 0 Å². The van der Waals surface area contributed by atoms with Crippen LogP contribution in [0, 0.1) is 5.92 Å². The summed E-state index contributed by atoms with van der Waals surface area (Å²) < 4.78 is 5.02. The summed E-state index contributed by atoms with van der Waals surface area (Å²) in [7, 11) is 0. The molecule has 1 rings (SSSR count). The third-order valence-corrected chi connectivity index (χ3v) is 1.95. The normalized spacial score (nSPS) is 24.8. The maximum absolute atomic E-state index is 10.6. The van der Waals surface area contributed by atoms with E-state index in [9.17, 15) is 9.59 Å². The molecule has 2 N–H and O–H groups in total. The molecule has 0 aromatic carbocycles. The van der Waals surface area contributed by atoms with Gasteiger partial charge in [-0.3, -0.25) is 4.79 Å². The lowest BCUT2D eigenvalue weighted by atomic mass is 9.99. The Bertz CT molecular complexity index is 176. The predicted octanol–water partition coefficient (Wildman–Crippen LogP) is -0.778. The van der Waals surface area contributed by atoms with Crippen molar-refractivity contribution in [2.75, 3.05) is 13.2 Å². The van der Waals surface area contributed by atoms with E-state index in [1.165, 1.54) is 0 Å². The molecule has 1 aliphatic rings. The minimum atomic E-state index is -1.00. The van der Waals surface area contributed by atoms with Gasteiger partial charge < -0.3 is 15.2 Å². The van der Waals surface area contributed by atoms with Crippen molar-refractivity contribution in [2.45, 2.75) is 12.5 Å². The molecule has 1 fully saturated rings. The Morgan fingerprint density at radius 3 is 2.92 bits per heavy atom. The highest BCUT2D eigenvalue weighted by atomic mass is 16.5. The Balaban J connectivity index is 2.51. The van der Waals surface area contributed by atoms with Gasteiger partial charge in [0.1, 0.15) is 6.04 Å². The van der Waals surface area contributed by atoms with E-state index in [0.717, 1.165) is 0 Å². The second-order valence-corrected chi connectivity index (χ2v) is 2.72. The average molecular weight is 173 g/mol. The number of carbonyl (C=O) groups is 2. The van der Waals surface area contributed by atoms with Crippen molar-refractivity contribution in [2.24, 2.45) is 5.92 Å². The first kappa shape index (κ1) is 8.99. The molecule has 0 saturated carbocycles. The van der Waals surface area contributed by atoms with E-state index in [1.54, 1.807) is 0 Å². The van der Waals surface area contributed by atoms with Gasteiger partial charge in [-0.15, -0.1) is 0 Å². The average Bonchev–Trinajstić information content (AvgIpc) is 2.51. The summed E-state index contributed by atoms with van der Waals surface area (Å²) >= 11 is 0. The molecule has 0 aliphatic carbocycles. The zero-order valence-corrected chi connectivity index (χ0v) is 6.53. The molecule has 5 nitrogen and oxygen atoms in total. The lowest BCUT2D eigenvalue weighted by molar-refractivity contribution is -0.142. The van der Waals surface area contributed by atoms with Gasteiger partial charge in [-0.1, -0.05) is 0 Å². The van der Waals surface area contributed by atoms with Crippen LogP contribution >= 0.6 is 0 Å². The monoisotopic (exact) mass is 173 g/mol. The lowest BCUT2D eigenvalue weighted by Gasteiger charge is -2.16. The number of amides is 1. The number of hydrogen-bond acceptors (Lipinski definition) is 3. The molecule has 0 aromatic rings. The van der Waals surface area contributed by atoms with Crippen LogP contribution in [-0.2, 0) is 14.3 Å². The fourth-order valence-corrected chi connectivity index (χ4v) is 1.30. The fraction of sp³-hybridized carbons (Fsp3) is 0.714. The Hall–Kier alpha value is -1.10. The van der Waals surface area contributed by atoms with Gasteiger partial charge in [-0.25, -0.2) is 4.79 Å². The van der Waals surface area contributed by atoms with E-state index >= 15 is 0 Å². The molecular weight excluding hydrogens is 162 g/mol. The zero-order valence-electron chi connectivity index (χ0n) is 6.53. The van der Waals surface area contributed by atoms with E-state index in [4.69, 9.17) is 9.84 Å². The molecule has 1 unspecified atom stereocenters. The first-order chi connectivity index (χ1) is 5.75. The standard InChI is InChI=1S/C7H11NO4/c9-4-8-6(7(10)11)5-1-2-12-3-5/h4-6H,1-3H2,(H,8,9)(H,10,11)/t5?,6-/m0/s1. The van der Waals surface area contributed by atoms with Gasteiger partial charge in [0.2, 0.25) is 6.41 Å². The zero-order chi connectivity index (χ0) is 8.97. The highest BCUT2D eigenvalue weighted by Gasteiger charge is 2.30. The number of hydrogen-bond donors (Lipinski definition) is 2. The van der Waals surface area contributed by atoms with E-state index in [0.29, 0.717) is 26.0 Å². The maximum Gasteiger partial charge on any atom is 0.326 e. The maximum atomic E-state index is 10.6. The summed E-state index contributed by atoms with van der Waals surface area (Å²) in [5, 5.41) is 11.0. The summed E-state index contributed by atoms with van der Waals surface area (Å²) in [4.78, 5) is 20.7. The van der Waals surface area contributed by atoms with Crippen LogP contribution in [0.15, 0.2) is 0 Å². The fourth-order valence-electron chi connectivity index (χ4n) is 1.30. The third kappa shape index (κ3) is 1.94. The van der Waals surface area contributed by atoms with Crippen molar-refractivity contribution < 1.29 is 19.4 Å². The Kier molecular flexibility index (Phi) is 3.04. The van der Waals surface area contributed by atoms with E-state index in [2.05, 4.69) is 5.32 Å². The van der Waals surface area contributed by atoms with Crippen molar-refractivity contribution in [3.05, 3.63) is 0 Å². The molecule has 2 atom stereocenters. The molecule has 68 valence electrons. The second-order valence-electron chi connectivity index (χ2n) is 2.72. The first-order valence-corrected chi connectivity index (χ1v) is 3.76. The number of nitrogens with one attached hydrogen (secondary N) is 1. The Morgan fingerprint density at radius 1 is 1.75 bits per heavy atom. The first-order valence-electron chi connectivity index (χ1n) is 3.76. The van der Waals surface area contributed by atoms with Crippen molar-refractivity contribution >= 4 is 12.4 Å². The second kappa shape index (κ2) is 4.06. The number of ether oxygens (including phenoxy) is 1. The van der Waals surface area contributed by atoms with E-state index in [-0.39, 0.29) is 5.92 Å². The van der Waals surface area contributed by atoms with Crippen molar-refractivity contribution in [1.82, 2.24) is 5.32 Å². The predicted molar refractivity (Wildman–Crippen MR) is 39.5 cm³/mol. The molecule has 1 saturated heterocycles. The molecule has 0 spiro atoms. The third-order valence-electron chi connectivity index (χ3n) is 1.95. The van der Waals surface area contributed by atoms with Crippen molar-refractivity contribution in [1.29, 1.82) is 0 Å². The molecule has 0 bridgehead atoms. The summed E-state index contributed by atoms with van der Waals surface area (Å²) in [6.07, 6.45) is 1.11. The van der Waals surface area contributed by atoms with Crippen LogP contribution < -0.4 is 5.32 Å². The van der Waals surface area contributed by atoms with Gasteiger partial charge in [0.15, 0.2) is 0 Å². The summed E-state index contributed by atoms with van der Waals surface area (Å²) in [6, 6.07) is -0.801. The van der Waals surface area contributed by atoms with Crippen LogP contribution in [0.2, 0.25) is 0 Å². The molecule has 0 aromatic heterocycles. The molecular formula is C7H11NO4. The smallest absolute Gasteiger partial charge is 0.326 e. The van der Waals surface area contributed by atoms with Crippen molar-refractivity contribution in [3.8, 4) is 0 Å². The Morgan fingerprint density at radius 2 is 2.50 bits per heavy atom. The van der Waals surface area contributed by atoms with Crippen LogP contribution in [0.4, 0.5) is 0 Å². The SMILES string of the molecule is O=CN[C@H](C(=O)O)C1CCOC1. The van der Waals surface area contributed by atoms with Gasteiger partial charge in [-0.05, 0) is 6.42 Å². The van der Waals surface area contributed by atoms with Crippen LogP contribution in [0.25, 0.3) is 0 Å². The molecule has 5 heteroatoms. The number of carbonyl (C=O) groups excluding carboxylic acids is 1. The van der Waals surface area contributed by atoms with Gasteiger partial charge in [-0.2, -0.15) is 0 Å². The van der Waals surface area contributed by atoms with Crippen LogP contribution in [0.3, 0.4) is 0 Å².